The molecule has 1 aromatic heterocycles. The van der Waals surface area contributed by atoms with Crippen LogP contribution in [-0.4, -0.2) is 16.2 Å². The first-order chi connectivity index (χ1) is 11.1. The largest absolute Gasteiger partial charge is 0.324 e. The summed E-state index contributed by atoms with van der Waals surface area (Å²) in [6.45, 7) is 4.09. The molecule has 3 heteroatoms. The van der Waals surface area contributed by atoms with Crippen molar-refractivity contribution in [1.82, 2.24) is 10.2 Å². The van der Waals surface area contributed by atoms with Gasteiger partial charge in [0.25, 0.3) is 0 Å². The molecule has 3 rings (SSSR count). The summed E-state index contributed by atoms with van der Waals surface area (Å²) in [5.74, 6) is 0. The van der Waals surface area contributed by atoms with Crippen molar-refractivity contribution in [2.75, 3.05) is 0 Å². The van der Waals surface area contributed by atoms with Crippen LogP contribution in [0, 0.1) is 13.8 Å². The number of aromatic amines is 1. The van der Waals surface area contributed by atoms with Crippen LogP contribution in [0.1, 0.15) is 23.4 Å². The maximum Gasteiger partial charge on any atom is 0.0672 e. The van der Waals surface area contributed by atoms with Gasteiger partial charge in [-0.3, -0.25) is 5.10 Å². The highest BCUT2D eigenvalue weighted by atomic mass is 15.1. The molecule has 0 saturated heterocycles. The van der Waals surface area contributed by atoms with E-state index in [-0.39, 0.29) is 6.04 Å². The van der Waals surface area contributed by atoms with Crippen LogP contribution in [0.3, 0.4) is 0 Å². The summed E-state index contributed by atoms with van der Waals surface area (Å²) in [6, 6.07) is 8.63. The molecule has 0 radical (unpaired) electrons. The Bertz CT molecular complexity index is 758. The average Bonchev–Trinajstić information content (AvgIpc) is 2.76. The van der Waals surface area contributed by atoms with Crippen LogP contribution in [-0.2, 0) is 6.42 Å². The number of H-pyrrole nitrogens is 1. The van der Waals surface area contributed by atoms with Crippen molar-refractivity contribution in [3.63, 3.8) is 0 Å². The van der Waals surface area contributed by atoms with Crippen molar-refractivity contribution in [3.8, 4) is 11.1 Å². The second kappa shape index (κ2) is 6.80. The van der Waals surface area contributed by atoms with E-state index in [0.717, 1.165) is 24.2 Å². The van der Waals surface area contributed by atoms with Gasteiger partial charge in [-0.2, -0.15) is 5.10 Å². The number of aryl methyl sites for hydroxylation is 2. The first-order valence-corrected chi connectivity index (χ1v) is 8.05. The lowest BCUT2D eigenvalue weighted by atomic mass is 9.95. The molecule has 23 heavy (non-hydrogen) atoms. The number of nitrogens with two attached hydrogens (primary N) is 1. The molecule has 0 amide bonds. The van der Waals surface area contributed by atoms with Gasteiger partial charge in [-0.1, -0.05) is 54.6 Å². The second-order valence-electron chi connectivity index (χ2n) is 6.05. The molecule has 1 aliphatic carbocycles. The molecular formula is C20H23N3. The van der Waals surface area contributed by atoms with Crippen molar-refractivity contribution in [1.29, 1.82) is 0 Å². The molecule has 3 nitrogen and oxygen atoms in total. The van der Waals surface area contributed by atoms with E-state index < -0.39 is 0 Å². The summed E-state index contributed by atoms with van der Waals surface area (Å²) in [5.41, 5.74) is 13.4. The SMILES string of the molecule is Cc1n[nH]c(C)c1-c1cccc(CC(N)C2=CCC=CC=C2)c1. The fraction of sp³-hybridized carbons (Fsp3) is 0.250. The Hall–Kier alpha value is -2.39. The van der Waals surface area contributed by atoms with Gasteiger partial charge in [0.2, 0.25) is 0 Å². The second-order valence-corrected chi connectivity index (χ2v) is 6.05. The number of hydrogen-bond donors (Lipinski definition) is 2. The van der Waals surface area contributed by atoms with Gasteiger partial charge in [0.05, 0.1) is 5.69 Å². The minimum Gasteiger partial charge on any atom is -0.324 e. The molecule has 1 unspecified atom stereocenters. The topological polar surface area (TPSA) is 54.7 Å². The van der Waals surface area contributed by atoms with Crippen LogP contribution in [0.4, 0.5) is 0 Å². The summed E-state index contributed by atoms with van der Waals surface area (Å²) in [6.07, 6.45) is 12.4. The lowest BCUT2D eigenvalue weighted by Gasteiger charge is -2.14. The van der Waals surface area contributed by atoms with Crippen LogP contribution in [0.15, 0.2) is 60.2 Å². The molecule has 118 valence electrons. The quantitative estimate of drug-likeness (QED) is 0.897. The highest BCUT2D eigenvalue weighted by Crippen LogP contribution is 2.26. The summed E-state index contributed by atoms with van der Waals surface area (Å²) in [4.78, 5) is 0. The number of nitrogens with zero attached hydrogens (tertiary/aromatic N) is 1. The zero-order chi connectivity index (χ0) is 16.2. The summed E-state index contributed by atoms with van der Waals surface area (Å²) < 4.78 is 0. The maximum absolute atomic E-state index is 6.41. The smallest absolute Gasteiger partial charge is 0.0672 e. The molecule has 0 spiro atoms. The average molecular weight is 305 g/mol. The van der Waals surface area contributed by atoms with Gasteiger partial charge >= 0.3 is 0 Å². The molecule has 1 aromatic carbocycles. The molecule has 2 aromatic rings. The Kier molecular flexibility index (Phi) is 4.58. The Morgan fingerprint density at radius 1 is 1.26 bits per heavy atom. The third-order valence-electron chi connectivity index (χ3n) is 4.25. The number of benzene rings is 1. The molecule has 0 aliphatic heterocycles. The fourth-order valence-corrected chi connectivity index (χ4v) is 3.07. The van der Waals surface area contributed by atoms with Gasteiger partial charge in [0, 0.05) is 17.3 Å². The van der Waals surface area contributed by atoms with E-state index in [1.165, 1.54) is 22.3 Å². The molecule has 0 saturated carbocycles. The standard InChI is InChI=1S/C20H23N3/c1-14-20(15(2)23-22-14)18-11-7-8-16(12-18)13-19(21)17-9-5-3-4-6-10-17/h3-5,7-12,19H,6,13,21H2,1-2H3,(H,22,23). The molecule has 3 N–H and O–H groups in total. The van der Waals surface area contributed by atoms with Crippen molar-refractivity contribution in [2.24, 2.45) is 5.73 Å². The number of allylic oxidation sites excluding steroid dienone is 4. The number of nitrogens with one attached hydrogen (secondary N) is 1. The summed E-state index contributed by atoms with van der Waals surface area (Å²) in [5, 5.41) is 7.35. The highest BCUT2D eigenvalue weighted by molar-refractivity contribution is 5.68. The predicted octanol–water partition coefficient (Wildman–Crippen LogP) is 4.01. The van der Waals surface area contributed by atoms with Crippen molar-refractivity contribution >= 4 is 0 Å². The molecule has 0 fully saturated rings. The van der Waals surface area contributed by atoms with Gasteiger partial charge in [-0.05, 0) is 43.4 Å². The Labute approximate surface area is 137 Å². The van der Waals surface area contributed by atoms with Gasteiger partial charge < -0.3 is 5.73 Å². The van der Waals surface area contributed by atoms with E-state index in [4.69, 9.17) is 5.73 Å². The Morgan fingerprint density at radius 2 is 2.13 bits per heavy atom. The fourth-order valence-electron chi connectivity index (χ4n) is 3.07. The van der Waals surface area contributed by atoms with Crippen LogP contribution >= 0.6 is 0 Å². The first kappa shape index (κ1) is 15.5. The monoisotopic (exact) mass is 305 g/mol. The lowest BCUT2D eigenvalue weighted by Crippen LogP contribution is -2.24. The summed E-state index contributed by atoms with van der Waals surface area (Å²) >= 11 is 0. The van der Waals surface area contributed by atoms with Crippen molar-refractivity contribution in [2.45, 2.75) is 32.7 Å². The molecule has 0 bridgehead atoms. The van der Waals surface area contributed by atoms with Crippen LogP contribution in [0.2, 0.25) is 0 Å². The minimum atomic E-state index is 0.0212. The molecule has 1 heterocycles. The van der Waals surface area contributed by atoms with E-state index in [1.54, 1.807) is 0 Å². The van der Waals surface area contributed by atoms with E-state index >= 15 is 0 Å². The van der Waals surface area contributed by atoms with Crippen molar-refractivity contribution < 1.29 is 0 Å². The Morgan fingerprint density at radius 3 is 2.91 bits per heavy atom. The maximum atomic E-state index is 6.41. The number of rotatable bonds is 4. The van der Waals surface area contributed by atoms with Crippen LogP contribution in [0.25, 0.3) is 11.1 Å². The van der Waals surface area contributed by atoms with Gasteiger partial charge in [0.15, 0.2) is 0 Å². The third-order valence-corrected chi connectivity index (χ3v) is 4.25. The highest BCUT2D eigenvalue weighted by Gasteiger charge is 2.12. The van der Waals surface area contributed by atoms with Gasteiger partial charge in [-0.25, -0.2) is 0 Å². The van der Waals surface area contributed by atoms with Gasteiger partial charge in [0.1, 0.15) is 0 Å². The van der Waals surface area contributed by atoms with Crippen molar-refractivity contribution in [3.05, 3.63) is 77.2 Å². The molecule has 1 aliphatic rings. The lowest BCUT2D eigenvalue weighted by molar-refractivity contribution is 0.778. The first-order valence-electron chi connectivity index (χ1n) is 8.05. The zero-order valence-corrected chi connectivity index (χ0v) is 13.7. The molecular weight excluding hydrogens is 282 g/mol. The van der Waals surface area contributed by atoms with E-state index in [9.17, 15) is 0 Å². The minimum absolute atomic E-state index is 0.0212. The van der Waals surface area contributed by atoms with E-state index in [2.05, 4.69) is 71.8 Å². The van der Waals surface area contributed by atoms with E-state index in [0.29, 0.717) is 0 Å². The number of aromatic nitrogens is 2. The Balaban J connectivity index is 1.82. The molecule has 1 atom stereocenters. The van der Waals surface area contributed by atoms with Gasteiger partial charge in [-0.15, -0.1) is 0 Å². The summed E-state index contributed by atoms with van der Waals surface area (Å²) in [7, 11) is 0. The third kappa shape index (κ3) is 3.51. The number of hydrogen-bond acceptors (Lipinski definition) is 2. The van der Waals surface area contributed by atoms with Crippen LogP contribution in [0.5, 0.6) is 0 Å². The van der Waals surface area contributed by atoms with E-state index in [1.807, 2.05) is 6.92 Å². The van der Waals surface area contributed by atoms with Crippen LogP contribution < -0.4 is 5.73 Å². The zero-order valence-electron chi connectivity index (χ0n) is 13.7. The predicted molar refractivity (Wildman–Crippen MR) is 96.2 cm³/mol. The normalized spacial score (nSPS) is 15.3.